The molecule has 144 valence electrons. The van der Waals surface area contributed by atoms with Crippen LogP contribution >= 0.6 is 27.3 Å². The van der Waals surface area contributed by atoms with Crippen molar-refractivity contribution in [3.05, 3.63) is 63.4 Å². The summed E-state index contributed by atoms with van der Waals surface area (Å²) in [6.07, 6.45) is 0.272. The van der Waals surface area contributed by atoms with Crippen molar-refractivity contribution in [1.29, 1.82) is 0 Å². The van der Waals surface area contributed by atoms with E-state index in [4.69, 9.17) is 4.74 Å². The molecule has 0 aliphatic carbocycles. The van der Waals surface area contributed by atoms with Crippen LogP contribution in [0.4, 0.5) is 5.13 Å². The molecule has 0 aliphatic rings. The topological polar surface area (TPSA) is 68.3 Å². The quantitative estimate of drug-likeness (QED) is 0.475. The van der Waals surface area contributed by atoms with Gasteiger partial charge >= 0.3 is 0 Å². The Balaban J connectivity index is 1.59. The predicted molar refractivity (Wildman–Crippen MR) is 115 cm³/mol. The maximum atomic E-state index is 12.2. The van der Waals surface area contributed by atoms with Gasteiger partial charge in [-0.25, -0.2) is 4.98 Å². The molecule has 7 heteroatoms. The van der Waals surface area contributed by atoms with Crippen molar-refractivity contribution in [3.8, 4) is 17.0 Å². The Morgan fingerprint density at radius 3 is 2.39 bits per heavy atom. The van der Waals surface area contributed by atoms with E-state index in [1.807, 2.05) is 43.3 Å². The lowest BCUT2D eigenvalue weighted by molar-refractivity contribution is -0.116. The van der Waals surface area contributed by atoms with Gasteiger partial charge in [0.25, 0.3) is 0 Å². The molecule has 1 heterocycles. The zero-order valence-corrected chi connectivity index (χ0v) is 17.9. The normalized spacial score (nSPS) is 10.5. The third-order valence-corrected chi connectivity index (χ3v) is 5.57. The number of Topliss-reactive ketones (excluding diaryl/α,β-unsaturated/α-hetero) is 1. The summed E-state index contributed by atoms with van der Waals surface area (Å²) in [5, 5.41) is 3.33. The average molecular weight is 459 g/mol. The number of aryl methyl sites for hydroxylation is 1. The van der Waals surface area contributed by atoms with Gasteiger partial charge in [0.05, 0.1) is 12.8 Å². The zero-order chi connectivity index (χ0) is 20.1. The van der Waals surface area contributed by atoms with Crippen LogP contribution in [0.15, 0.2) is 53.0 Å². The highest BCUT2D eigenvalue weighted by Crippen LogP contribution is 2.31. The molecule has 0 spiro atoms. The molecule has 2 aromatic carbocycles. The number of methoxy groups -OCH3 is 1. The summed E-state index contributed by atoms with van der Waals surface area (Å²) < 4.78 is 6.08. The second-order valence-corrected chi connectivity index (χ2v) is 8.25. The van der Waals surface area contributed by atoms with Gasteiger partial charge in [-0.1, -0.05) is 28.1 Å². The number of hydrogen-bond donors (Lipinski definition) is 1. The summed E-state index contributed by atoms with van der Waals surface area (Å²) >= 11 is 4.75. The fourth-order valence-electron chi connectivity index (χ4n) is 2.66. The van der Waals surface area contributed by atoms with Gasteiger partial charge in [-0.3, -0.25) is 9.59 Å². The minimum atomic E-state index is -0.222. The van der Waals surface area contributed by atoms with E-state index in [0.717, 1.165) is 26.4 Å². The highest BCUT2D eigenvalue weighted by atomic mass is 79.9. The van der Waals surface area contributed by atoms with E-state index in [1.165, 1.54) is 11.3 Å². The highest BCUT2D eigenvalue weighted by molar-refractivity contribution is 9.10. The number of ether oxygens (including phenoxy) is 1. The molecule has 0 saturated heterocycles. The van der Waals surface area contributed by atoms with Crippen LogP contribution in [0.25, 0.3) is 11.3 Å². The number of thiazole rings is 1. The van der Waals surface area contributed by atoms with Crippen LogP contribution in [-0.2, 0) is 4.79 Å². The largest absolute Gasteiger partial charge is 0.497 e. The summed E-state index contributed by atoms with van der Waals surface area (Å²) in [5.74, 6) is 0.498. The van der Waals surface area contributed by atoms with E-state index < -0.39 is 0 Å². The molecular formula is C21H19BrN2O3S. The Bertz CT molecular complexity index is 982. The number of carbonyl (C=O) groups is 2. The Kier molecular flexibility index (Phi) is 6.59. The van der Waals surface area contributed by atoms with Gasteiger partial charge < -0.3 is 10.1 Å². The second-order valence-electron chi connectivity index (χ2n) is 6.13. The minimum Gasteiger partial charge on any atom is -0.497 e. The molecule has 0 saturated carbocycles. The lowest BCUT2D eigenvalue weighted by Crippen LogP contribution is -2.13. The summed E-state index contributed by atoms with van der Waals surface area (Å²) in [5.41, 5.74) is 2.39. The number of hydrogen-bond acceptors (Lipinski definition) is 5. The first kappa shape index (κ1) is 20.2. The van der Waals surface area contributed by atoms with Crippen LogP contribution in [0.1, 0.15) is 28.1 Å². The number of benzene rings is 2. The monoisotopic (exact) mass is 458 g/mol. The molecule has 0 radical (unpaired) electrons. The van der Waals surface area contributed by atoms with Crippen molar-refractivity contribution in [3.63, 3.8) is 0 Å². The number of aromatic nitrogens is 1. The molecule has 3 aromatic rings. The van der Waals surface area contributed by atoms with E-state index in [1.54, 1.807) is 19.2 Å². The lowest BCUT2D eigenvalue weighted by atomic mass is 10.1. The van der Waals surface area contributed by atoms with Crippen LogP contribution in [-0.4, -0.2) is 23.8 Å². The SMILES string of the molecule is COc1ccc(-c2nc(NC(=O)CCC(=O)c3ccc(Br)cc3)sc2C)cc1. The molecule has 1 amide bonds. The number of ketones is 1. The van der Waals surface area contributed by atoms with Gasteiger partial charge in [-0.2, -0.15) is 0 Å². The van der Waals surface area contributed by atoms with Crippen LogP contribution in [0.5, 0.6) is 5.75 Å². The number of halogens is 1. The molecule has 0 unspecified atom stereocenters. The Hall–Kier alpha value is -2.51. The summed E-state index contributed by atoms with van der Waals surface area (Å²) in [6.45, 7) is 1.96. The fraction of sp³-hybridized carbons (Fsp3) is 0.190. The summed E-state index contributed by atoms with van der Waals surface area (Å²) in [4.78, 5) is 29.9. The molecular weight excluding hydrogens is 440 g/mol. The first-order valence-corrected chi connectivity index (χ1v) is 10.3. The van der Waals surface area contributed by atoms with Gasteiger partial charge in [0.1, 0.15) is 5.75 Å². The number of amides is 1. The molecule has 0 aliphatic heterocycles. The highest BCUT2D eigenvalue weighted by Gasteiger charge is 2.14. The van der Waals surface area contributed by atoms with Crippen LogP contribution in [0, 0.1) is 6.92 Å². The number of carbonyl (C=O) groups excluding carboxylic acids is 2. The molecule has 1 N–H and O–H groups in total. The zero-order valence-electron chi connectivity index (χ0n) is 15.5. The Morgan fingerprint density at radius 2 is 1.75 bits per heavy atom. The summed E-state index contributed by atoms with van der Waals surface area (Å²) in [7, 11) is 1.62. The van der Waals surface area contributed by atoms with Crippen LogP contribution < -0.4 is 10.1 Å². The van der Waals surface area contributed by atoms with Gasteiger partial charge in [-0.05, 0) is 43.3 Å². The Morgan fingerprint density at radius 1 is 1.07 bits per heavy atom. The van der Waals surface area contributed by atoms with Crippen molar-refractivity contribution < 1.29 is 14.3 Å². The van der Waals surface area contributed by atoms with Gasteiger partial charge in [0.2, 0.25) is 5.91 Å². The van der Waals surface area contributed by atoms with E-state index >= 15 is 0 Å². The first-order chi connectivity index (χ1) is 13.5. The van der Waals surface area contributed by atoms with Gasteiger partial charge in [0.15, 0.2) is 10.9 Å². The fourth-order valence-corrected chi connectivity index (χ4v) is 3.77. The first-order valence-electron chi connectivity index (χ1n) is 8.66. The lowest BCUT2D eigenvalue weighted by Gasteiger charge is -2.03. The van der Waals surface area contributed by atoms with Crippen molar-refractivity contribution in [2.45, 2.75) is 19.8 Å². The van der Waals surface area contributed by atoms with Gasteiger partial charge in [0, 0.05) is 33.3 Å². The molecule has 28 heavy (non-hydrogen) atoms. The van der Waals surface area contributed by atoms with Crippen molar-refractivity contribution in [1.82, 2.24) is 4.98 Å². The van der Waals surface area contributed by atoms with E-state index in [9.17, 15) is 9.59 Å². The third-order valence-electron chi connectivity index (χ3n) is 4.15. The number of rotatable bonds is 7. The molecule has 0 bridgehead atoms. The van der Waals surface area contributed by atoms with Crippen molar-refractivity contribution >= 4 is 44.1 Å². The van der Waals surface area contributed by atoms with Crippen LogP contribution in [0.2, 0.25) is 0 Å². The maximum Gasteiger partial charge on any atom is 0.226 e. The van der Waals surface area contributed by atoms with E-state index in [0.29, 0.717) is 10.7 Å². The number of anilines is 1. The molecule has 0 atom stereocenters. The maximum absolute atomic E-state index is 12.2. The smallest absolute Gasteiger partial charge is 0.226 e. The molecule has 5 nitrogen and oxygen atoms in total. The predicted octanol–water partition coefficient (Wildman–Crippen LogP) is 5.49. The standard InChI is InChI=1S/C21H19BrN2O3S/c1-13-20(15-5-9-17(27-2)10-6-15)24-21(28-13)23-19(26)12-11-18(25)14-3-7-16(22)8-4-14/h3-10H,11-12H2,1-2H3,(H,23,24,26). The summed E-state index contributed by atoms with van der Waals surface area (Å²) in [6, 6.07) is 14.7. The molecule has 0 fully saturated rings. The third kappa shape index (κ3) is 5.05. The minimum absolute atomic E-state index is 0.0584. The van der Waals surface area contributed by atoms with Gasteiger partial charge in [-0.15, -0.1) is 11.3 Å². The molecule has 3 rings (SSSR count). The number of nitrogens with zero attached hydrogens (tertiary/aromatic N) is 1. The van der Waals surface area contributed by atoms with E-state index in [-0.39, 0.29) is 24.5 Å². The average Bonchev–Trinajstić information content (AvgIpc) is 3.06. The molecule has 1 aromatic heterocycles. The Labute approximate surface area is 175 Å². The number of nitrogens with one attached hydrogen (secondary N) is 1. The second kappa shape index (κ2) is 9.12. The van der Waals surface area contributed by atoms with Crippen molar-refractivity contribution in [2.75, 3.05) is 12.4 Å². The van der Waals surface area contributed by atoms with E-state index in [2.05, 4.69) is 26.2 Å². The van der Waals surface area contributed by atoms with Crippen molar-refractivity contribution in [2.24, 2.45) is 0 Å². The van der Waals surface area contributed by atoms with Crippen LogP contribution in [0.3, 0.4) is 0 Å².